The normalized spacial score (nSPS) is 12.3. The van der Waals surface area contributed by atoms with Crippen LogP contribution >= 0.6 is 0 Å². The van der Waals surface area contributed by atoms with Gasteiger partial charge in [0.05, 0.1) is 11.4 Å². The van der Waals surface area contributed by atoms with Crippen LogP contribution in [0.5, 0.6) is 11.5 Å². The second-order valence-electron chi connectivity index (χ2n) is 13.0. The Hall–Kier alpha value is -2.89. The van der Waals surface area contributed by atoms with Crippen LogP contribution in [-0.2, 0) is 27.6 Å². The predicted molar refractivity (Wildman–Crippen MR) is 197 cm³/mol. The van der Waals surface area contributed by atoms with Gasteiger partial charge in [-0.25, -0.2) is 0 Å². The molecule has 0 atom stereocenters. The molecular weight excluding hydrogens is 611 g/mol. The molecule has 0 spiro atoms. The molecule has 3 rings (SSSR count). The van der Waals surface area contributed by atoms with E-state index in [4.69, 9.17) is 9.98 Å². The molecule has 0 amide bonds. The van der Waals surface area contributed by atoms with E-state index in [9.17, 15) is 10.2 Å². The van der Waals surface area contributed by atoms with Gasteiger partial charge in [0.25, 0.3) is 0 Å². The first-order valence-corrected chi connectivity index (χ1v) is 16.9. The van der Waals surface area contributed by atoms with Crippen LogP contribution in [0.4, 0.5) is 11.4 Å². The molecule has 5 heteroatoms. The third kappa shape index (κ3) is 8.52. The molecule has 0 aliphatic heterocycles. The molecule has 0 saturated carbocycles. The second-order valence-corrected chi connectivity index (χ2v) is 13.0. The standard InChI is InChI=1S/C40H56N2O2.CH3.Co/c1-11-39(12-2,13-3)33-23-29(27(7)8)21-31(37(33)43)25-41-35-19-17-18-20-36(35)42-26-32-22-30(28(9)10)24-34(38(32)44)40(14-4,15-5)16-6;;/h17-28,43-44H,11-16H2,1-10H3;1H3;/q;-1;. The minimum Gasteiger partial charge on any atom is -0.507 e. The minimum atomic E-state index is -0.0733. The van der Waals surface area contributed by atoms with Crippen molar-refractivity contribution in [2.24, 2.45) is 9.98 Å². The first-order chi connectivity index (χ1) is 21.0. The van der Waals surface area contributed by atoms with Crippen LogP contribution < -0.4 is 0 Å². The summed E-state index contributed by atoms with van der Waals surface area (Å²) >= 11 is 0. The average molecular weight is 671 g/mol. The molecule has 0 aromatic heterocycles. The summed E-state index contributed by atoms with van der Waals surface area (Å²) in [6.07, 6.45) is 9.34. The predicted octanol–water partition coefficient (Wildman–Crippen LogP) is 12.2. The van der Waals surface area contributed by atoms with E-state index in [2.05, 4.69) is 93.5 Å². The van der Waals surface area contributed by atoms with E-state index in [1.54, 1.807) is 12.4 Å². The number of phenolic OH excluding ortho intramolecular Hbond substituents is 2. The van der Waals surface area contributed by atoms with E-state index in [-0.39, 0.29) is 35.0 Å². The van der Waals surface area contributed by atoms with E-state index in [0.29, 0.717) is 34.7 Å². The van der Waals surface area contributed by atoms with Crippen molar-refractivity contribution in [3.63, 3.8) is 0 Å². The number of rotatable bonds is 14. The first kappa shape index (κ1) is 41.1. The Balaban J connectivity index is 0.00000529. The molecule has 2 N–H and O–H groups in total. The zero-order valence-corrected chi connectivity index (χ0v) is 31.3. The molecular formula is C41H59CoN2O2-. The minimum absolute atomic E-state index is 0. The van der Waals surface area contributed by atoms with Crippen molar-refractivity contribution in [3.05, 3.63) is 89.3 Å². The van der Waals surface area contributed by atoms with Crippen LogP contribution in [0.1, 0.15) is 153 Å². The fraction of sp³-hybridized carbons (Fsp3) is 0.488. The number of aromatic hydroxyl groups is 2. The SMILES string of the molecule is CCC(CC)(CC)c1cc(C(C)C)cc(C=Nc2ccccc2N=Cc2cc(C(C)C)cc(C(CC)(CC)CC)c2O)c1O.[CH3-].[Co]. The Morgan fingerprint density at radius 2 is 0.891 bits per heavy atom. The molecule has 0 fully saturated rings. The average Bonchev–Trinajstić information content (AvgIpc) is 3.03. The van der Waals surface area contributed by atoms with Gasteiger partial charge in [-0.1, -0.05) is 93.5 Å². The number of para-hydroxylation sites is 2. The van der Waals surface area contributed by atoms with Gasteiger partial charge in [0.2, 0.25) is 0 Å². The maximum absolute atomic E-state index is 11.5. The summed E-state index contributed by atoms with van der Waals surface area (Å²) in [5, 5.41) is 23.1. The summed E-state index contributed by atoms with van der Waals surface area (Å²) in [5.41, 5.74) is 7.15. The Bertz CT molecular complexity index is 1340. The molecule has 0 heterocycles. The van der Waals surface area contributed by atoms with Crippen molar-refractivity contribution < 1.29 is 27.0 Å². The first-order valence-electron chi connectivity index (χ1n) is 16.9. The summed E-state index contributed by atoms with van der Waals surface area (Å²) in [5.74, 6) is 1.29. The van der Waals surface area contributed by atoms with Crippen molar-refractivity contribution in [3.8, 4) is 11.5 Å². The van der Waals surface area contributed by atoms with Crippen LogP contribution in [0.2, 0.25) is 0 Å². The van der Waals surface area contributed by atoms with Gasteiger partial charge in [0, 0.05) is 51.5 Å². The molecule has 0 bridgehead atoms. The number of phenols is 2. The summed E-state index contributed by atoms with van der Waals surface area (Å²) in [6, 6.07) is 16.3. The monoisotopic (exact) mass is 670 g/mol. The molecule has 0 saturated heterocycles. The van der Waals surface area contributed by atoms with E-state index in [1.807, 2.05) is 24.3 Å². The number of nitrogens with zero attached hydrogens (tertiary/aromatic N) is 2. The Morgan fingerprint density at radius 1 is 0.587 bits per heavy atom. The third-order valence-electron chi connectivity index (χ3n) is 10.4. The van der Waals surface area contributed by atoms with Gasteiger partial charge in [-0.15, -0.1) is 0 Å². The summed E-state index contributed by atoms with van der Waals surface area (Å²) in [6.45, 7) is 22.0. The maximum Gasteiger partial charge on any atom is 0.128 e. The second kappa shape index (κ2) is 17.9. The van der Waals surface area contributed by atoms with Crippen molar-refractivity contribution >= 4 is 23.8 Å². The number of hydrogen-bond acceptors (Lipinski definition) is 4. The topological polar surface area (TPSA) is 65.2 Å². The van der Waals surface area contributed by atoms with Crippen LogP contribution in [0.15, 0.2) is 58.5 Å². The van der Waals surface area contributed by atoms with E-state index >= 15 is 0 Å². The molecule has 255 valence electrons. The van der Waals surface area contributed by atoms with Crippen molar-refractivity contribution in [2.75, 3.05) is 0 Å². The smallest absolute Gasteiger partial charge is 0.128 e. The van der Waals surface area contributed by atoms with Crippen LogP contribution in [-0.4, -0.2) is 22.6 Å². The van der Waals surface area contributed by atoms with Crippen LogP contribution in [0.25, 0.3) is 0 Å². The Morgan fingerprint density at radius 3 is 1.15 bits per heavy atom. The Kier molecular flexibility index (Phi) is 16.0. The number of benzene rings is 3. The van der Waals surface area contributed by atoms with E-state index in [1.165, 1.54) is 11.1 Å². The number of hydrogen-bond donors (Lipinski definition) is 2. The quantitative estimate of drug-likeness (QED) is 0.132. The third-order valence-corrected chi connectivity index (χ3v) is 10.4. The molecule has 1 radical (unpaired) electrons. The molecule has 0 unspecified atom stereocenters. The van der Waals surface area contributed by atoms with Crippen molar-refractivity contribution in [2.45, 2.75) is 130 Å². The summed E-state index contributed by atoms with van der Waals surface area (Å²) < 4.78 is 0. The van der Waals surface area contributed by atoms with Gasteiger partial charge < -0.3 is 17.6 Å². The molecule has 3 aromatic carbocycles. The van der Waals surface area contributed by atoms with Crippen LogP contribution in [0.3, 0.4) is 0 Å². The van der Waals surface area contributed by atoms with Gasteiger partial charge in [-0.3, -0.25) is 9.98 Å². The summed E-state index contributed by atoms with van der Waals surface area (Å²) in [4.78, 5) is 9.71. The summed E-state index contributed by atoms with van der Waals surface area (Å²) in [7, 11) is 0. The molecule has 0 aliphatic rings. The molecule has 4 nitrogen and oxygen atoms in total. The van der Waals surface area contributed by atoms with Gasteiger partial charge in [-0.05, 0) is 96.6 Å². The maximum atomic E-state index is 11.5. The van der Waals surface area contributed by atoms with E-state index in [0.717, 1.165) is 60.8 Å². The zero-order valence-electron chi connectivity index (χ0n) is 30.3. The van der Waals surface area contributed by atoms with Gasteiger partial charge in [0.15, 0.2) is 0 Å². The van der Waals surface area contributed by atoms with E-state index < -0.39 is 0 Å². The van der Waals surface area contributed by atoms with Gasteiger partial charge in [0.1, 0.15) is 11.5 Å². The largest absolute Gasteiger partial charge is 0.507 e. The van der Waals surface area contributed by atoms with Crippen LogP contribution in [0, 0.1) is 7.43 Å². The molecule has 46 heavy (non-hydrogen) atoms. The molecule has 3 aromatic rings. The van der Waals surface area contributed by atoms with Crippen molar-refractivity contribution in [1.82, 2.24) is 0 Å². The number of aliphatic imine (C=N–C) groups is 2. The van der Waals surface area contributed by atoms with Crippen molar-refractivity contribution in [1.29, 1.82) is 0 Å². The fourth-order valence-corrected chi connectivity index (χ4v) is 6.64. The van der Waals surface area contributed by atoms with Gasteiger partial charge in [-0.2, -0.15) is 0 Å². The Labute approximate surface area is 291 Å². The molecule has 0 aliphatic carbocycles. The fourth-order valence-electron chi connectivity index (χ4n) is 6.64. The van der Waals surface area contributed by atoms with Gasteiger partial charge >= 0.3 is 0 Å². The zero-order chi connectivity index (χ0) is 32.7.